The van der Waals surface area contributed by atoms with Crippen LogP contribution in [0.5, 0.6) is 0 Å². The third kappa shape index (κ3) is 3.28. The zero-order chi connectivity index (χ0) is 14.0. The number of amides is 1. The van der Waals surface area contributed by atoms with E-state index in [9.17, 15) is 18.0 Å². The van der Waals surface area contributed by atoms with E-state index in [-0.39, 0.29) is 17.6 Å². The molecule has 0 spiro atoms. The first-order chi connectivity index (χ1) is 8.88. The SMILES string of the molecule is C[C@H]1CNCCN1C(=O)c1cccn1CC(F)(F)F. The summed E-state index contributed by atoms with van der Waals surface area (Å²) < 4.78 is 38.2. The van der Waals surface area contributed by atoms with Crippen LogP contribution in [0.2, 0.25) is 0 Å². The van der Waals surface area contributed by atoms with E-state index in [2.05, 4.69) is 5.32 Å². The van der Waals surface area contributed by atoms with Crippen LogP contribution in [0, 0.1) is 0 Å². The van der Waals surface area contributed by atoms with Crippen LogP contribution in [-0.2, 0) is 6.54 Å². The number of hydrogen-bond donors (Lipinski definition) is 1. The van der Waals surface area contributed by atoms with E-state index in [0.29, 0.717) is 19.6 Å². The number of piperazine rings is 1. The zero-order valence-corrected chi connectivity index (χ0v) is 10.6. The molecule has 1 atom stereocenters. The van der Waals surface area contributed by atoms with Gasteiger partial charge in [0.1, 0.15) is 12.2 Å². The molecule has 1 aromatic heterocycles. The van der Waals surface area contributed by atoms with Gasteiger partial charge in [-0.15, -0.1) is 0 Å². The van der Waals surface area contributed by atoms with Crippen LogP contribution in [0.4, 0.5) is 13.2 Å². The predicted octanol–water partition coefficient (Wildman–Crippen LogP) is 1.48. The van der Waals surface area contributed by atoms with Gasteiger partial charge in [0, 0.05) is 31.9 Å². The molecule has 2 rings (SSSR count). The van der Waals surface area contributed by atoms with Crippen LogP contribution in [0.3, 0.4) is 0 Å². The molecule has 0 aromatic carbocycles. The van der Waals surface area contributed by atoms with Gasteiger partial charge in [-0.25, -0.2) is 0 Å². The molecule has 1 aliphatic heterocycles. The molecule has 0 saturated carbocycles. The van der Waals surface area contributed by atoms with Gasteiger partial charge in [-0.3, -0.25) is 4.79 Å². The maximum atomic E-state index is 12.4. The highest BCUT2D eigenvalue weighted by molar-refractivity contribution is 5.93. The molecule has 106 valence electrons. The number of rotatable bonds is 2. The van der Waals surface area contributed by atoms with Gasteiger partial charge in [0.05, 0.1) is 0 Å². The molecule has 1 aliphatic rings. The fourth-order valence-electron chi connectivity index (χ4n) is 2.23. The second-order valence-corrected chi connectivity index (χ2v) is 4.69. The van der Waals surface area contributed by atoms with Crippen molar-refractivity contribution in [2.45, 2.75) is 25.7 Å². The number of hydrogen-bond acceptors (Lipinski definition) is 2. The molecule has 0 radical (unpaired) electrons. The van der Waals surface area contributed by atoms with Gasteiger partial charge in [-0.05, 0) is 19.1 Å². The predicted molar refractivity (Wildman–Crippen MR) is 63.9 cm³/mol. The van der Waals surface area contributed by atoms with E-state index in [1.165, 1.54) is 18.3 Å². The van der Waals surface area contributed by atoms with Crippen LogP contribution < -0.4 is 5.32 Å². The molecule has 0 unspecified atom stereocenters. The normalized spacial score (nSPS) is 20.6. The number of carbonyl (C=O) groups excluding carboxylic acids is 1. The van der Waals surface area contributed by atoms with Gasteiger partial charge in [-0.1, -0.05) is 0 Å². The van der Waals surface area contributed by atoms with Crippen LogP contribution in [-0.4, -0.2) is 47.2 Å². The molecule has 1 N–H and O–H groups in total. The molecular formula is C12H16F3N3O. The van der Waals surface area contributed by atoms with Crippen molar-refractivity contribution in [3.63, 3.8) is 0 Å². The lowest BCUT2D eigenvalue weighted by Crippen LogP contribution is -2.52. The summed E-state index contributed by atoms with van der Waals surface area (Å²) in [6.45, 7) is 2.57. The summed E-state index contributed by atoms with van der Waals surface area (Å²) in [4.78, 5) is 13.9. The summed E-state index contributed by atoms with van der Waals surface area (Å²) in [7, 11) is 0. The molecule has 1 saturated heterocycles. The second-order valence-electron chi connectivity index (χ2n) is 4.69. The Morgan fingerprint density at radius 3 is 2.89 bits per heavy atom. The monoisotopic (exact) mass is 275 g/mol. The van der Waals surface area contributed by atoms with Crippen LogP contribution in [0.15, 0.2) is 18.3 Å². The maximum Gasteiger partial charge on any atom is 0.406 e. The van der Waals surface area contributed by atoms with E-state index in [0.717, 1.165) is 4.57 Å². The van der Waals surface area contributed by atoms with E-state index in [1.807, 2.05) is 6.92 Å². The van der Waals surface area contributed by atoms with Crippen molar-refractivity contribution in [3.05, 3.63) is 24.0 Å². The Labute approximate surface area is 109 Å². The smallest absolute Gasteiger partial charge is 0.334 e. The maximum absolute atomic E-state index is 12.4. The first-order valence-electron chi connectivity index (χ1n) is 6.12. The minimum atomic E-state index is -4.33. The van der Waals surface area contributed by atoms with Crippen LogP contribution in [0.25, 0.3) is 0 Å². The third-order valence-corrected chi connectivity index (χ3v) is 3.16. The van der Waals surface area contributed by atoms with Crippen molar-refractivity contribution in [1.29, 1.82) is 0 Å². The van der Waals surface area contributed by atoms with Crippen molar-refractivity contribution >= 4 is 5.91 Å². The fraction of sp³-hybridized carbons (Fsp3) is 0.583. The van der Waals surface area contributed by atoms with E-state index >= 15 is 0 Å². The van der Waals surface area contributed by atoms with E-state index < -0.39 is 12.7 Å². The van der Waals surface area contributed by atoms with Gasteiger partial charge in [0.25, 0.3) is 5.91 Å². The Balaban J connectivity index is 2.17. The van der Waals surface area contributed by atoms with Gasteiger partial charge >= 0.3 is 6.18 Å². The van der Waals surface area contributed by atoms with Crippen molar-refractivity contribution in [2.24, 2.45) is 0 Å². The highest BCUT2D eigenvalue weighted by atomic mass is 19.4. The topological polar surface area (TPSA) is 37.3 Å². The molecule has 4 nitrogen and oxygen atoms in total. The Kier molecular flexibility index (Phi) is 3.84. The Morgan fingerprint density at radius 1 is 1.53 bits per heavy atom. The molecular weight excluding hydrogens is 259 g/mol. The highest BCUT2D eigenvalue weighted by Gasteiger charge is 2.31. The summed E-state index contributed by atoms with van der Waals surface area (Å²) in [5.41, 5.74) is 0.0890. The number of aromatic nitrogens is 1. The minimum absolute atomic E-state index is 0.0181. The van der Waals surface area contributed by atoms with Crippen molar-refractivity contribution in [3.8, 4) is 0 Å². The summed E-state index contributed by atoms with van der Waals surface area (Å²) in [6.07, 6.45) is -3.04. The standard InChI is InChI=1S/C12H16F3N3O/c1-9-7-16-4-6-18(9)11(19)10-3-2-5-17(10)8-12(13,14)15/h2-3,5,9,16H,4,6-8H2,1H3/t9-/m0/s1. The number of alkyl halides is 3. The summed E-state index contributed by atoms with van der Waals surface area (Å²) in [5, 5.41) is 3.14. The van der Waals surface area contributed by atoms with Crippen molar-refractivity contribution in [2.75, 3.05) is 19.6 Å². The van der Waals surface area contributed by atoms with Gasteiger partial charge in [-0.2, -0.15) is 13.2 Å². The first-order valence-corrected chi connectivity index (χ1v) is 6.12. The molecule has 1 fully saturated rings. The fourth-order valence-corrected chi connectivity index (χ4v) is 2.23. The molecule has 7 heteroatoms. The molecule has 1 aromatic rings. The summed E-state index contributed by atoms with van der Waals surface area (Å²) >= 11 is 0. The van der Waals surface area contributed by atoms with E-state index in [4.69, 9.17) is 0 Å². The lowest BCUT2D eigenvalue weighted by Gasteiger charge is -2.34. The lowest BCUT2D eigenvalue weighted by atomic mass is 10.2. The van der Waals surface area contributed by atoms with Gasteiger partial charge < -0.3 is 14.8 Å². The zero-order valence-electron chi connectivity index (χ0n) is 10.6. The van der Waals surface area contributed by atoms with Crippen molar-refractivity contribution < 1.29 is 18.0 Å². The third-order valence-electron chi connectivity index (χ3n) is 3.16. The molecule has 19 heavy (non-hydrogen) atoms. The average molecular weight is 275 g/mol. The largest absolute Gasteiger partial charge is 0.406 e. The Morgan fingerprint density at radius 2 is 2.26 bits per heavy atom. The molecule has 1 amide bonds. The first kappa shape index (κ1) is 13.9. The quantitative estimate of drug-likeness (QED) is 0.888. The van der Waals surface area contributed by atoms with Crippen molar-refractivity contribution in [1.82, 2.24) is 14.8 Å². The molecule has 0 aliphatic carbocycles. The molecule has 0 bridgehead atoms. The van der Waals surface area contributed by atoms with Crippen LogP contribution in [0.1, 0.15) is 17.4 Å². The van der Waals surface area contributed by atoms with Crippen LogP contribution >= 0.6 is 0 Å². The molecule has 2 heterocycles. The lowest BCUT2D eigenvalue weighted by molar-refractivity contribution is -0.140. The number of nitrogens with zero attached hydrogens (tertiary/aromatic N) is 2. The van der Waals surface area contributed by atoms with Gasteiger partial charge in [0.2, 0.25) is 0 Å². The second kappa shape index (κ2) is 5.24. The Hall–Kier alpha value is -1.50. The highest BCUT2D eigenvalue weighted by Crippen LogP contribution is 2.20. The number of halogens is 3. The number of carbonyl (C=O) groups is 1. The Bertz CT molecular complexity index is 455. The van der Waals surface area contributed by atoms with E-state index in [1.54, 1.807) is 4.90 Å². The summed E-state index contributed by atoms with van der Waals surface area (Å²) in [5.74, 6) is -0.344. The number of nitrogens with one attached hydrogen (secondary N) is 1. The minimum Gasteiger partial charge on any atom is -0.334 e. The van der Waals surface area contributed by atoms with Gasteiger partial charge in [0.15, 0.2) is 0 Å². The average Bonchev–Trinajstić information content (AvgIpc) is 2.74. The summed E-state index contributed by atoms with van der Waals surface area (Å²) in [6, 6.07) is 2.88.